The number of aromatic nitrogens is 4. The average Bonchev–Trinajstić information content (AvgIpc) is 3.16. The minimum absolute atomic E-state index is 0.132. The lowest BCUT2D eigenvalue weighted by Crippen LogP contribution is -2.45. The molecule has 0 saturated carbocycles. The molecule has 8 heteroatoms. The Hall–Kier alpha value is -3.00. The van der Waals surface area contributed by atoms with Crippen LogP contribution in [-0.4, -0.2) is 62.9 Å². The number of piperidine rings is 1. The lowest BCUT2D eigenvalue weighted by Gasteiger charge is -2.41. The van der Waals surface area contributed by atoms with E-state index < -0.39 is 0 Å². The van der Waals surface area contributed by atoms with Gasteiger partial charge in [-0.3, -0.25) is 9.48 Å². The van der Waals surface area contributed by atoms with Crippen molar-refractivity contribution < 1.29 is 9.53 Å². The van der Waals surface area contributed by atoms with Gasteiger partial charge in [-0.25, -0.2) is 9.97 Å². The van der Waals surface area contributed by atoms with Crippen LogP contribution in [0.15, 0.2) is 36.8 Å². The van der Waals surface area contributed by atoms with Crippen LogP contribution in [0.4, 0.5) is 5.82 Å². The van der Waals surface area contributed by atoms with Crippen LogP contribution in [0.25, 0.3) is 5.57 Å². The first-order valence-electron chi connectivity index (χ1n) is 11.6. The normalized spacial score (nSPS) is 25.1. The van der Waals surface area contributed by atoms with Gasteiger partial charge < -0.3 is 14.5 Å². The minimum atomic E-state index is 0.132. The standard InChI is InChI=1S/C24H28N6O2/c1-16(31)28-10-7-23-20(12-28)24(27-30(23)19-13-32-14-19)29-9-2-3-18-11-17(4-5-22(18)29)21-6-8-25-15-26-21/h4-6,8,11,15,18-19,22H,2-3,7,9-10,12-14H2,1H3. The van der Waals surface area contributed by atoms with Gasteiger partial charge in [-0.15, -0.1) is 0 Å². The van der Waals surface area contributed by atoms with E-state index in [2.05, 4.69) is 37.8 Å². The molecular formula is C24H28N6O2. The number of ether oxygens (including phenoxy) is 1. The number of carbonyl (C=O) groups excluding carboxylic acids is 1. The lowest BCUT2D eigenvalue weighted by molar-refractivity contribution is -0.129. The Labute approximate surface area is 187 Å². The van der Waals surface area contributed by atoms with Crippen LogP contribution in [0.1, 0.15) is 42.8 Å². The molecule has 2 atom stereocenters. The van der Waals surface area contributed by atoms with Gasteiger partial charge in [0, 0.05) is 49.8 Å². The molecule has 8 nitrogen and oxygen atoms in total. The fourth-order valence-electron chi connectivity index (χ4n) is 5.44. The number of nitrogens with zero attached hydrogens (tertiary/aromatic N) is 6. The van der Waals surface area contributed by atoms with Crippen molar-refractivity contribution in [2.24, 2.45) is 5.92 Å². The van der Waals surface area contributed by atoms with E-state index in [0.29, 0.717) is 18.5 Å². The number of fused-ring (bicyclic) bond motifs is 2. The zero-order valence-corrected chi connectivity index (χ0v) is 18.4. The molecule has 2 fully saturated rings. The number of rotatable bonds is 3. The zero-order chi connectivity index (χ0) is 21.7. The Morgan fingerprint density at radius 2 is 2.16 bits per heavy atom. The molecule has 6 rings (SSSR count). The van der Waals surface area contributed by atoms with Gasteiger partial charge in [0.2, 0.25) is 5.91 Å². The van der Waals surface area contributed by atoms with E-state index in [1.54, 1.807) is 19.4 Å². The number of amides is 1. The van der Waals surface area contributed by atoms with Crippen LogP contribution in [0.2, 0.25) is 0 Å². The molecule has 3 aliphatic heterocycles. The van der Waals surface area contributed by atoms with Gasteiger partial charge >= 0.3 is 0 Å². The summed E-state index contributed by atoms with van der Waals surface area (Å²) in [5.41, 5.74) is 4.64. The highest BCUT2D eigenvalue weighted by Gasteiger charge is 2.38. The number of hydrogen-bond acceptors (Lipinski definition) is 6. The maximum atomic E-state index is 12.1. The molecule has 1 amide bonds. The van der Waals surface area contributed by atoms with Crippen molar-refractivity contribution in [1.29, 1.82) is 0 Å². The molecule has 5 heterocycles. The second kappa shape index (κ2) is 7.85. The molecule has 166 valence electrons. The predicted octanol–water partition coefficient (Wildman–Crippen LogP) is 2.39. The SMILES string of the molecule is CC(=O)N1CCc2c(c(N3CCCC4C=C(c5ccncn5)C=CC43)nn2C2COC2)C1. The third-order valence-corrected chi connectivity index (χ3v) is 7.23. The molecule has 0 radical (unpaired) electrons. The molecule has 2 saturated heterocycles. The van der Waals surface area contributed by atoms with Gasteiger partial charge in [-0.05, 0) is 24.5 Å². The van der Waals surface area contributed by atoms with Crippen molar-refractivity contribution in [3.8, 4) is 0 Å². The second-order valence-electron chi connectivity index (χ2n) is 9.14. The van der Waals surface area contributed by atoms with E-state index in [9.17, 15) is 4.79 Å². The summed E-state index contributed by atoms with van der Waals surface area (Å²) in [5, 5.41) is 5.15. The first kappa shape index (κ1) is 19.7. The zero-order valence-electron chi connectivity index (χ0n) is 18.4. The van der Waals surface area contributed by atoms with Gasteiger partial charge in [0.15, 0.2) is 5.82 Å². The Balaban J connectivity index is 1.35. The van der Waals surface area contributed by atoms with Crippen LogP contribution >= 0.6 is 0 Å². The summed E-state index contributed by atoms with van der Waals surface area (Å²) < 4.78 is 7.66. The van der Waals surface area contributed by atoms with Gasteiger partial charge in [0.05, 0.1) is 37.5 Å². The molecule has 0 spiro atoms. The van der Waals surface area contributed by atoms with E-state index in [-0.39, 0.29) is 11.9 Å². The van der Waals surface area contributed by atoms with E-state index in [4.69, 9.17) is 9.84 Å². The molecule has 1 aliphatic carbocycles. The van der Waals surface area contributed by atoms with E-state index in [1.165, 1.54) is 11.3 Å². The van der Waals surface area contributed by atoms with Gasteiger partial charge in [0.25, 0.3) is 0 Å². The maximum absolute atomic E-state index is 12.1. The Morgan fingerprint density at radius 3 is 2.91 bits per heavy atom. The van der Waals surface area contributed by atoms with Gasteiger partial charge in [0.1, 0.15) is 6.33 Å². The molecular weight excluding hydrogens is 404 g/mol. The average molecular weight is 433 g/mol. The Kier molecular flexibility index (Phi) is 4.82. The third-order valence-electron chi connectivity index (χ3n) is 7.23. The predicted molar refractivity (Wildman–Crippen MR) is 120 cm³/mol. The van der Waals surface area contributed by atoms with Crippen molar-refractivity contribution in [2.45, 2.75) is 44.8 Å². The fourth-order valence-corrected chi connectivity index (χ4v) is 5.44. The molecule has 0 bridgehead atoms. The van der Waals surface area contributed by atoms with Crippen molar-refractivity contribution in [3.63, 3.8) is 0 Å². The van der Waals surface area contributed by atoms with Crippen LogP contribution in [0.3, 0.4) is 0 Å². The highest BCUT2D eigenvalue weighted by molar-refractivity contribution is 5.75. The van der Waals surface area contributed by atoms with Gasteiger partial charge in [-0.1, -0.05) is 18.2 Å². The molecule has 2 aromatic rings. The quantitative estimate of drug-likeness (QED) is 0.741. The summed E-state index contributed by atoms with van der Waals surface area (Å²) in [5.74, 6) is 1.60. The molecule has 0 aromatic carbocycles. The number of carbonyl (C=O) groups is 1. The highest BCUT2D eigenvalue weighted by atomic mass is 16.5. The Bertz CT molecular complexity index is 1090. The van der Waals surface area contributed by atoms with Gasteiger partial charge in [-0.2, -0.15) is 5.10 Å². The summed E-state index contributed by atoms with van der Waals surface area (Å²) in [6.45, 7) is 5.50. The van der Waals surface area contributed by atoms with Crippen LogP contribution in [0.5, 0.6) is 0 Å². The molecule has 0 N–H and O–H groups in total. The minimum Gasteiger partial charge on any atom is -0.377 e. The number of anilines is 1. The lowest BCUT2D eigenvalue weighted by atomic mass is 9.83. The number of allylic oxidation sites excluding steroid dienone is 2. The van der Waals surface area contributed by atoms with Crippen molar-refractivity contribution in [2.75, 3.05) is 31.2 Å². The molecule has 2 aromatic heterocycles. The number of hydrogen-bond donors (Lipinski definition) is 0. The summed E-state index contributed by atoms with van der Waals surface area (Å²) in [6.07, 6.45) is 13.4. The third kappa shape index (κ3) is 3.24. The van der Waals surface area contributed by atoms with Crippen molar-refractivity contribution >= 4 is 17.3 Å². The maximum Gasteiger partial charge on any atom is 0.219 e. The summed E-state index contributed by atoms with van der Waals surface area (Å²) in [4.78, 5) is 25.0. The first-order chi connectivity index (χ1) is 15.7. The summed E-state index contributed by atoms with van der Waals surface area (Å²) in [7, 11) is 0. The monoisotopic (exact) mass is 432 g/mol. The topological polar surface area (TPSA) is 76.4 Å². The second-order valence-corrected chi connectivity index (χ2v) is 9.14. The summed E-state index contributed by atoms with van der Waals surface area (Å²) >= 11 is 0. The molecule has 4 aliphatic rings. The van der Waals surface area contributed by atoms with Crippen molar-refractivity contribution in [1.82, 2.24) is 24.6 Å². The van der Waals surface area contributed by atoms with E-state index in [1.807, 2.05) is 11.0 Å². The smallest absolute Gasteiger partial charge is 0.219 e. The van der Waals surface area contributed by atoms with Crippen LogP contribution in [0, 0.1) is 5.92 Å². The van der Waals surface area contributed by atoms with Crippen LogP contribution in [-0.2, 0) is 22.5 Å². The Morgan fingerprint density at radius 1 is 1.25 bits per heavy atom. The highest BCUT2D eigenvalue weighted by Crippen LogP contribution is 2.39. The summed E-state index contributed by atoms with van der Waals surface area (Å²) in [6, 6.07) is 2.55. The van der Waals surface area contributed by atoms with Crippen molar-refractivity contribution in [3.05, 3.63) is 53.8 Å². The first-order valence-corrected chi connectivity index (χ1v) is 11.6. The largest absolute Gasteiger partial charge is 0.377 e. The molecule has 32 heavy (non-hydrogen) atoms. The van der Waals surface area contributed by atoms with Crippen LogP contribution < -0.4 is 4.90 Å². The molecule has 2 unspecified atom stereocenters. The van der Waals surface area contributed by atoms with E-state index >= 15 is 0 Å². The fraction of sp³-hybridized carbons (Fsp3) is 0.500. The van der Waals surface area contributed by atoms with E-state index in [0.717, 1.165) is 62.7 Å².